The minimum atomic E-state index is -5.33. The molecule has 1 aliphatic rings. The number of phosphoric acid groups is 1. The average molecular weight is 456 g/mol. The van der Waals surface area contributed by atoms with Crippen LogP contribution in [0.25, 0.3) is 11.1 Å². The molecule has 0 amide bonds. The standard InChI is InChI=1S/C18H21O9P.2Na/c1-22-13-6-5-11-12(16(13)27-28(19,20)21)9-26-8-10-7-14(23-2)17(24-3)18(25-4)15(10)11;;/h5-7H,8-9H2,1-4H3,(H2,19,20,21);;/q;2*+1/p-2. The average Bonchev–Trinajstić information content (AvgIpc) is 2.84. The molecule has 1 aliphatic heterocycles. The SMILES string of the molecule is COc1ccc2c(c1OP(=O)([O-])[O-])COCc1cc(OC)c(OC)c(OC)c1-2.[Na+].[Na+]. The molecule has 3 rings (SSSR count). The molecule has 30 heavy (non-hydrogen) atoms. The van der Waals surface area contributed by atoms with Gasteiger partial charge in [0.1, 0.15) is 7.82 Å². The zero-order valence-electron chi connectivity index (χ0n) is 17.8. The maximum atomic E-state index is 11.3. The Balaban J connectivity index is 0.00000225. The van der Waals surface area contributed by atoms with E-state index in [9.17, 15) is 14.4 Å². The topological polar surface area (TPSA) is 119 Å². The number of phosphoric ester groups is 1. The number of benzene rings is 2. The summed E-state index contributed by atoms with van der Waals surface area (Å²) in [5.74, 6) is 1.09. The van der Waals surface area contributed by atoms with E-state index in [0.29, 0.717) is 33.9 Å². The second kappa shape index (κ2) is 11.4. The minimum Gasteiger partial charge on any atom is -0.780 e. The number of rotatable bonds is 6. The summed E-state index contributed by atoms with van der Waals surface area (Å²) in [6.07, 6.45) is 0. The van der Waals surface area contributed by atoms with E-state index < -0.39 is 7.82 Å². The summed E-state index contributed by atoms with van der Waals surface area (Å²) in [5, 5.41) is 0. The first kappa shape index (κ1) is 27.6. The van der Waals surface area contributed by atoms with E-state index in [2.05, 4.69) is 0 Å². The molecule has 0 aromatic heterocycles. The van der Waals surface area contributed by atoms with E-state index in [1.807, 2.05) is 0 Å². The second-order valence-electron chi connectivity index (χ2n) is 5.83. The Morgan fingerprint density at radius 3 is 2.03 bits per heavy atom. The predicted molar refractivity (Wildman–Crippen MR) is 94.8 cm³/mol. The van der Waals surface area contributed by atoms with Gasteiger partial charge in [0.2, 0.25) is 5.75 Å². The Hall–Kier alpha value is -0.450. The van der Waals surface area contributed by atoms with E-state index in [1.165, 1.54) is 34.5 Å². The van der Waals surface area contributed by atoms with Crippen LogP contribution >= 0.6 is 7.82 Å². The van der Waals surface area contributed by atoms with Gasteiger partial charge in [-0.25, -0.2) is 0 Å². The Morgan fingerprint density at radius 1 is 0.867 bits per heavy atom. The van der Waals surface area contributed by atoms with Crippen LogP contribution in [0.4, 0.5) is 0 Å². The Labute approximate surface area is 218 Å². The largest absolute Gasteiger partial charge is 1.00 e. The number of fused-ring (bicyclic) bond motifs is 3. The van der Waals surface area contributed by atoms with Crippen LogP contribution < -0.4 is 92.4 Å². The second-order valence-corrected chi connectivity index (χ2v) is 6.91. The van der Waals surface area contributed by atoms with Crippen molar-refractivity contribution < 1.29 is 102 Å². The molecule has 0 fully saturated rings. The van der Waals surface area contributed by atoms with Crippen LogP contribution in [0.1, 0.15) is 11.1 Å². The van der Waals surface area contributed by atoms with Crippen molar-refractivity contribution in [3.05, 3.63) is 29.3 Å². The fourth-order valence-corrected chi connectivity index (χ4v) is 3.66. The molecule has 9 nitrogen and oxygen atoms in total. The monoisotopic (exact) mass is 456 g/mol. The van der Waals surface area contributed by atoms with E-state index in [1.54, 1.807) is 12.1 Å². The van der Waals surface area contributed by atoms with Crippen LogP contribution in [0, 0.1) is 0 Å². The first-order valence-electron chi connectivity index (χ1n) is 8.16. The molecule has 12 heteroatoms. The third-order valence-electron chi connectivity index (χ3n) is 4.33. The molecule has 0 spiro atoms. The van der Waals surface area contributed by atoms with E-state index in [-0.39, 0.29) is 83.8 Å². The molecular weight excluding hydrogens is 437 g/mol. The Bertz CT molecular complexity index is 946. The van der Waals surface area contributed by atoms with Crippen LogP contribution in [0.5, 0.6) is 28.7 Å². The third kappa shape index (κ3) is 5.48. The number of hydrogen-bond donors (Lipinski definition) is 0. The van der Waals surface area contributed by atoms with Gasteiger partial charge in [-0.1, -0.05) is 0 Å². The fraction of sp³-hybridized carbons (Fsp3) is 0.333. The minimum absolute atomic E-state index is 0. The summed E-state index contributed by atoms with van der Waals surface area (Å²) in [6.45, 7) is 0.180. The van der Waals surface area contributed by atoms with E-state index >= 15 is 0 Å². The third-order valence-corrected chi connectivity index (χ3v) is 4.74. The molecule has 1 heterocycles. The van der Waals surface area contributed by atoms with Gasteiger partial charge in [-0.15, -0.1) is 0 Å². The molecule has 2 aromatic carbocycles. The maximum Gasteiger partial charge on any atom is 1.00 e. The first-order chi connectivity index (χ1) is 13.3. The normalized spacial score (nSPS) is 12.2. The van der Waals surface area contributed by atoms with Crippen molar-refractivity contribution in [2.24, 2.45) is 0 Å². The zero-order chi connectivity index (χ0) is 20.5. The molecule has 0 bridgehead atoms. The molecular formula is C18H19Na2O9P. The maximum absolute atomic E-state index is 11.3. The predicted octanol–water partition coefficient (Wildman–Crippen LogP) is -4.37. The summed E-state index contributed by atoms with van der Waals surface area (Å²) in [6, 6.07) is 4.97. The smallest absolute Gasteiger partial charge is 0.780 e. The van der Waals surface area contributed by atoms with Gasteiger partial charge in [0.15, 0.2) is 23.0 Å². The molecule has 2 aromatic rings. The van der Waals surface area contributed by atoms with Crippen molar-refractivity contribution in [3.8, 4) is 39.9 Å². The summed E-state index contributed by atoms with van der Waals surface area (Å²) < 4.78 is 43.3. The van der Waals surface area contributed by atoms with Crippen LogP contribution in [0.2, 0.25) is 0 Å². The van der Waals surface area contributed by atoms with E-state index in [4.69, 9.17) is 28.2 Å². The summed E-state index contributed by atoms with van der Waals surface area (Å²) in [7, 11) is 0.478. The Kier molecular flexibility index (Phi) is 10.5. The van der Waals surface area contributed by atoms with Crippen molar-refractivity contribution in [1.29, 1.82) is 0 Å². The fourth-order valence-electron chi connectivity index (χ4n) is 3.24. The number of hydrogen-bond acceptors (Lipinski definition) is 9. The van der Waals surface area contributed by atoms with Gasteiger partial charge in [-0.2, -0.15) is 0 Å². The molecule has 0 unspecified atom stereocenters. The van der Waals surface area contributed by atoms with Gasteiger partial charge in [-0.05, 0) is 29.3 Å². The van der Waals surface area contributed by atoms with Crippen molar-refractivity contribution >= 4 is 7.82 Å². The van der Waals surface area contributed by atoms with Gasteiger partial charge in [0.05, 0.1) is 41.7 Å². The van der Waals surface area contributed by atoms with Gasteiger partial charge in [0.25, 0.3) is 0 Å². The zero-order valence-corrected chi connectivity index (χ0v) is 22.7. The molecule has 0 atom stereocenters. The summed E-state index contributed by atoms with van der Waals surface area (Å²) in [4.78, 5) is 22.6. The molecule has 0 N–H and O–H groups in total. The van der Waals surface area contributed by atoms with Crippen molar-refractivity contribution in [3.63, 3.8) is 0 Å². The molecule has 0 saturated carbocycles. The Morgan fingerprint density at radius 2 is 1.50 bits per heavy atom. The van der Waals surface area contributed by atoms with Crippen molar-refractivity contribution in [2.75, 3.05) is 28.4 Å². The molecule has 0 radical (unpaired) electrons. The van der Waals surface area contributed by atoms with Crippen LogP contribution in [0.3, 0.4) is 0 Å². The van der Waals surface area contributed by atoms with Gasteiger partial charge >= 0.3 is 59.1 Å². The molecule has 0 aliphatic carbocycles. The summed E-state index contributed by atoms with van der Waals surface area (Å²) >= 11 is 0. The van der Waals surface area contributed by atoms with Gasteiger partial charge in [-0.3, -0.25) is 0 Å². The van der Waals surface area contributed by atoms with Crippen molar-refractivity contribution in [1.82, 2.24) is 0 Å². The van der Waals surface area contributed by atoms with Gasteiger partial charge < -0.3 is 42.6 Å². The van der Waals surface area contributed by atoms with E-state index in [0.717, 1.165) is 5.56 Å². The van der Waals surface area contributed by atoms with Crippen LogP contribution in [-0.4, -0.2) is 28.4 Å². The van der Waals surface area contributed by atoms with Crippen LogP contribution in [-0.2, 0) is 22.5 Å². The quantitative estimate of drug-likeness (QED) is 0.314. The number of methoxy groups -OCH3 is 4. The first-order valence-corrected chi connectivity index (χ1v) is 9.62. The molecule has 0 saturated heterocycles. The van der Waals surface area contributed by atoms with Crippen LogP contribution in [0.15, 0.2) is 18.2 Å². The molecule has 152 valence electrons. The number of ether oxygens (including phenoxy) is 5. The summed E-state index contributed by atoms with van der Waals surface area (Å²) in [5.41, 5.74) is 2.26. The van der Waals surface area contributed by atoms with Crippen molar-refractivity contribution in [2.45, 2.75) is 13.2 Å². The van der Waals surface area contributed by atoms with Gasteiger partial charge in [0, 0.05) is 11.1 Å².